The number of aromatic nitrogens is 1. The molecule has 1 fully saturated rings. The number of aryl methyl sites for hydroxylation is 1. The lowest BCUT2D eigenvalue weighted by molar-refractivity contribution is 0.218. The standard InChI is InChI=1S/C35H30N2O9/c1-2-3-5-8-18-14-17-13-16-9-10-35(25(16)30(42)20(17)34(46)36-18)32(44)23-24(33(35)45)29(41)22-21(28(23)40)26(38)19(27(39)31(22)43)15-37-11-6-4-7-12-37/h2-3,5,8,13-14,38,42,44-45H,4,6-7,9-12,15H2,1H3,(H,36,46)/b3-2+,8-5+/t35-/m0/s1. The summed E-state index contributed by atoms with van der Waals surface area (Å²) in [5.74, 6) is -2.85. The van der Waals surface area contributed by atoms with Crippen LogP contribution in [0.2, 0.25) is 0 Å². The molecule has 0 unspecified atom stereocenters. The number of pyridine rings is 1. The number of fused-ring (bicyclic) bond motifs is 4. The maximum absolute atomic E-state index is 14.0. The second-order valence-electron chi connectivity index (χ2n) is 12.2. The van der Waals surface area contributed by atoms with Crippen LogP contribution in [0.1, 0.15) is 55.0 Å². The fraction of sp³-hybridized carbons (Fsp3) is 0.286. The Morgan fingerprint density at radius 2 is 1.48 bits per heavy atom. The van der Waals surface area contributed by atoms with Gasteiger partial charge in [-0.25, -0.2) is 0 Å². The van der Waals surface area contributed by atoms with Crippen LogP contribution in [0, 0.1) is 10.4 Å². The van der Waals surface area contributed by atoms with Crippen molar-refractivity contribution in [3.8, 4) is 11.5 Å². The number of hydrogen-bond donors (Lipinski definition) is 5. The molecule has 1 atom stereocenters. The van der Waals surface area contributed by atoms with E-state index in [0.717, 1.165) is 19.3 Å². The molecule has 1 aromatic heterocycles. The molecule has 5 N–H and O–H groups in total. The van der Waals surface area contributed by atoms with E-state index in [2.05, 4.69) is 4.98 Å². The van der Waals surface area contributed by atoms with Crippen molar-refractivity contribution in [2.45, 2.75) is 51.0 Å². The Labute approximate surface area is 259 Å². The van der Waals surface area contributed by atoms with E-state index < -0.39 is 76.6 Å². The SMILES string of the molecule is C/C=C/C=C/c1cc2cc3c(c(O)c2c(=O)[nH]1)[C@@]1(CC3)C(O)=c2c(=O)c3c(O)c(CN4CCCCC4)c(=O)c(=O)c=3c(=O)c2=C1O. The van der Waals surface area contributed by atoms with Gasteiger partial charge >= 0.3 is 0 Å². The molecule has 2 aromatic rings. The minimum Gasteiger partial charge on any atom is -0.510 e. The minimum atomic E-state index is -1.97. The topological polar surface area (TPSA) is 185 Å². The first kappa shape index (κ1) is 29.4. The monoisotopic (exact) mass is 622 g/mol. The number of nitrogens with zero attached hydrogens (tertiary/aromatic N) is 1. The van der Waals surface area contributed by atoms with Crippen LogP contribution in [0.25, 0.3) is 28.4 Å². The van der Waals surface area contributed by atoms with Gasteiger partial charge in [0.1, 0.15) is 28.4 Å². The number of rotatable bonds is 4. The summed E-state index contributed by atoms with van der Waals surface area (Å²) in [4.78, 5) is 72.1. The molecule has 4 aliphatic carbocycles. The fourth-order valence-electron chi connectivity index (χ4n) is 7.58. The summed E-state index contributed by atoms with van der Waals surface area (Å²) >= 11 is 0. The molecular formula is C35H30N2O9. The number of aliphatic hydroxyl groups is 2. The number of allylic oxidation sites excluding steroid dienone is 3. The summed E-state index contributed by atoms with van der Waals surface area (Å²) in [6.07, 6.45) is 9.84. The van der Waals surface area contributed by atoms with Crippen LogP contribution in [-0.4, -0.2) is 43.4 Å². The van der Waals surface area contributed by atoms with Gasteiger partial charge in [0.05, 0.1) is 31.8 Å². The Morgan fingerprint density at radius 1 is 0.804 bits per heavy atom. The molecule has 46 heavy (non-hydrogen) atoms. The van der Waals surface area contributed by atoms with Crippen molar-refractivity contribution in [3.05, 3.63) is 125 Å². The normalized spacial score (nSPS) is 19.8. The van der Waals surface area contributed by atoms with E-state index in [1.807, 2.05) is 17.9 Å². The van der Waals surface area contributed by atoms with Gasteiger partial charge < -0.3 is 25.4 Å². The van der Waals surface area contributed by atoms with Gasteiger partial charge in [0.25, 0.3) is 5.56 Å². The van der Waals surface area contributed by atoms with Crippen LogP contribution in [0.3, 0.4) is 0 Å². The number of aromatic amines is 1. The van der Waals surface area contributed by atoms with E-state index in [-0.39, 0.29) is 35.9 Å². The third-order valence-electron chi connectivity index (χ3n) is 9.74. The highest BCUT2D eigenvalue weighted by Crippen LogP contribution is 2.54. The largest absolute Gasteiger partial charge is 0.510 e. The Balaban J connectivity index is 1.52. The molecule has 5 aliphatic rings. The zero-order valence-electron chi connectivity index (χ0n) is 24.9. The summed E-state index contributed by atoms with van der Waals surface area (Å²) in [6.45, 7) is 3.01. The highest BCUT2D eigenvalue weighted by Gasteiger charge is 2.53. The van der Waals surface area contributed by atoms with E-state index in [1.165, 1.54) is 0 Å². The summed E-state index contributed by atoms with van der Waals surface area (Å²) in [7, 11) is 0. The molecule has 7 rings (SSSR count). The van der Waals surface area contributed by atoms with Crippen molar-refractivity contribution < 1.29 is 20.4 Å². The van der Waals surface area contributed by atoms with Crippen LogP contribution in [0.15, 0.2) is 54.3 Å². The van der Waals surface area contributed by atoms with E-state index >= 15 is 0 Å². The summed E-state index contributed by atoms with van der Waals surface area (Å²) in [5.41, 5.74) is -6.68. The van der Waals surface area contributed by atoms with Crippen molar-refractivity contribution in [2.75, 3.05) is 13.1 Å². The molecule has 2 heterocycles. The third kappa shape index (κ3) is 3.84. The maximum Gasteiger partial charge on any atom is 0.260 e. The van der Waals surface area contributed by atoms with Crippen molar-refractivity contribution in [2.24, 2.45) is 0 Å². The Hall–Kier alpha value is -5.29. The second-order valence-corrected chi connectivity index (χ2v) is 12.2. The summed E-state index contributed by atoms with van der Waals surface area (Å²) in [5, 5.41) is 43.6. The number of phenolic OH excluding ortho intramolecular Hbond substituents is 1. The predicted octanol–water partition coefficient (Wildman–Crippen LogP) is 0.786. The van der Waals surface area contributed by atoms with Gasteiger partial charge in [-0.1, -0.05) is 30.7 Å². The number of aromatic hydroxyl groups is 2. The van der Waals surface area contributed by atoms with E-state index in [4.69, 9.17) is 0 Å². The smallest absolute Gasteiger partial charge is 0.260 e. The zero-order chi connectivity index (χ0) is 32.7. The van der Waals surface area contributed by atoms with Gasteiger partial charge in [-0.2, -0.15) is 0 Å². The van der Waals surface area contributed by atoms with Crippen LogP contribution in [0.5, 0.6) is 11.5 Å². The zero-order valence-corrected chi connectivity index (χ0v) is 24.9. The quantitative estimate of drug-likeness (QED) is 0.161. The molecule has 0 amide bonds. The van der Waals surface area contributed by atoms with Gasteiger partial charge in [0, 0.05) is 17.8 Å². The first-order chi connectivity index (χ1) is 22.0. The maximum atomic E-state index is 14.0. The summed E-state index contributed by atoms with van der Waals surface area (Å²) in [6, 6.07) is 3.31. The van der Waals surface area contributed by atoms with Crippen LogP contribution in [-0.2, 0) is 18.4 Å². The van der Waals surface area contributed by atoms with Gasteiger partial charge in [-0.05, 0) is 68.8 Å². The first-order valence-corrected chi connectivity index (χ1v) is 15.2. The molecule has 0 radical (unpaired) electrons. The second kappa shape index (κ2) is 10.4. The van der Waals surface area contributed by atoms with Crippen LogP contribution < -0.4 is 37.7 Å². The number of H-pyrrole nitrogens is 1. The molecule has 234 valence electrons. The van der Waals surface area contributed by atoms with Gasteiger partial charge in [0.2, 0.25) is 21.7 Å². The number of hydrogen-bond acceptors (Lipinski definition) is 10. The number of aliphatic hydroxyl groups excluding tert-OH is 2. The Bertz CT molecular complexity index is 2550. The van der Waals surface area contributed by atoms with Crippen molar-refractivity contribution in [1.29, 1.82) is 0 Å². The molecular weight excluding hydrogens is 592 g/mol. The van der Waals surface area contributed by atoms with Gasteiger partial charge in [-0.15, -0.1) is 0 Å². The van der Waals surface area contributed by atoms with Gasteiger partial charge in [-0.3, -0.25) is 28.9 Å². The summed E-state index contributed by atoms with van der Waals surface area (Å²) < 4.78 is 0. The highest BCUT2D eigenvalue weighted by atomic mass is 16.3. The fourth-order valence-corrected chi connectivity index (χ4v) is 7.58. The van der Waals surface area contributed by atoms with Crippen molar-refractivity contribution >= 4 is 28.4 Å². The average Bonchev–Trinajstić information content (AvgIpc) is 3.52. The lowest BCUT2D eigenvalue weighted by Gasteiger charge is -2.27. The molecule has 1 saturated heterocycles. The first-order valence-electron chi connectivity index (χ1n) is 15.2. The number of piperidine rings is 1. The molecule has 1 aliphatic heterocycles. The predicted molar refractivity (Wildman–Crippen MR) is 171 cm³/mol. The van der Waals surface area contributed by atoms with Gasteiger partial charge in [0.15, 0.2) is 0 Å². The average molecular weight is 623 g/mol. The molecule has 0 saturated carbocycles. The lowest BCUT2D eigenvalue weighted by atomic mass is 9.78. The molecule has 11 nitrogen and oxygen atoms in total. The molecule has 1 aromatic carbocycles. The highest BCUT2D eigenvalue weighted by molar-refractivity contribution is 5.94. The molecule has 11 heteroatoms. The number of benzene rings is 1. The minimum absolute atomic E-state index is 0.0429. The molecule has 0 bridgehead atoms. The Morgan fingerprint density at radius 3 is 2.15 bits per heavy atom. The third-order valence-corrected chi connectivity index (χ3v) is 9.74. The van der Waals surface area contributed by atoms with E-state index in [9.17, 15) is 44.4 Å². The number of likely N-dealkylation sites (tertiary alicyclic amines) is 1. The lowest BCUT2D eigenvalue weighted by Crippen LogP contribution is -2.52. The van der Waals surface area contributed by atoms with E-state index in [0.29, 0.717) is 29.7 Å². The molecule has 1 spiro atoms. The van der Waals surface area contributed by atoms with Crippen molar-refractivity contribution in [3.63, 3.8) is 0 Å². The number of nitrogens with one attached hydrogen (secondary N) is 1. The van der Waals surface area contributed by atoms with Crippen LogP contribution in [0.4, 0.5) is 0 Å². The number of phenols is 1. The van der Waals surface area contributed by atoms with Crippen molar-refractivity contribution in [1.82, 2.24) is 9.88 Å². The van der Waals surface area contributed by atoms with Crippen LogP contribution >= 0.6 is 0 Å². The Kier molecular flexibility index (Phi) is 6.64. The van der Waals surface area contributed by atoms with E-state index in [1.54, 1.807) is 30.4 Å².